The van der Waals surface area contributed by atoms with Crippen molar-refractivity contribution < 1.29 is 14.0 Å². The zero-order chi connectivity index (χ0) is 16.9. The van der Waals surface area contributed by atoms with Gasteiger partial charge in [0.2, 0.25) is 11.8 Å². The van der Waals surface area contributed by atoms with Crippen LogP contribution in [0.3, 0.4) is 0 Å². The van der Waals surface area contributed by atoms with E-state index in [9.17, 15) is 14.0 Å². The molecule has 5 nitrogen and oxygen atoms in total. The van der Waals surface area contributed by atoms with E-state index in [0.29, 0.717) is 5.56 Å². The van der Waals surface area contributed by atoms with Crippen LogP contribution in [0.5, 0.6) is 0 Å². The Hall–Kier alpha value is -2.67. The van der Waals surface area contributed by atoms with Crippen molar-refractivity contribution in [2.75, 3.05) is 5.32 Å². The first-order valence-electron chi connectivity index (χ1n) is 7.26. The molecule has 2 N–H and O–H groups in total. The molecule has 0 radical (unpaired) electrons. The minimum Gasteiger partial charge on any atom is -0.324 e. The largest absolute Gasteiger partial charge is 0.324 e. The molecule has 24 heavy (non-hydrogen) atoms. The van der Waals surface area contributed by atoms with E-state index in [1.807, 2.05) is 24.3 Å². The Morgan fingerprint density at radius 3 is 2.79 bits per heavy atom. The second kappa shape index (κ2) is 7.27. The molecule has 0 unspecified atom stereocenters. The number of hydrogen-bond acceptors (Lipinski definition) is 4. The monoisotopic (exact) mass is 343 g/mol. The summed E-state index contributed by atoms with van der Waals surface area (Å²) in [5.74, 6) is -0.895. The lowest BCUT2D eigenvalue weighted by atomic mass is 10.2. The topological polar surface area (TPSA) is 70.6 Å². The number of anilines is 1. The normalized spacial score (nSPS) is 16.5. The number of carbonyl (C=O) groups excluding carboxylic acids is 2. The lowest BCUT2D eigenvalue weighted by molar-refractivity contribution is -0.124. The molecule has 0 spiro atoms. The first kappa shape index (κ1) is 16.2. The first-order chi connectivity index (χ1) is 11.6. The quantitative estimate of drug-likeness (QED) is 0.662. The summed E-state index contributed by atoms with van der Waals surface area (Å²) in [5, 5.41) is 6.11. The molecule has 2 aromatic carbocycles. The predicted molar refractivity (Wildman–Crippen MR) is 91.5 cm³/mol. The smallest absolute Gasteiger partial charge is 0.241 e. The molecule has 0 fully saturated rings. The maximum absolute atomic E-state index is 12.8. The summed E-state index contributed by atoms with van der Waals surface area (Å²) in [6, 6.07) is 13.2. The summed E-state index contributed by atoms with van der Waals surface area (Å²) in [6.07, 6.45) is 1.44. The molecular weight excluding hydrogens is 329 g/mol. The number of nitrogens with one attached hydrogen (secondary N) is 2. The minimum atomic E-state index is -0.499. The van der Waals surface area contributed by atoms with Gasteiger partial charge in [0, 0.05) is 11.3 Å². The van der Waals surface area contributed by atoms with E-state index >= 15 is 0 Å². The Morgan fingerprint density at radius 1 is 1.25 bits per heavy atom. The summed E-state index contributed by atoms with van der Waals surface area (Å²) in [6.45, 7) is 0. The first-order valence-corrected chi connectivity index (χ1v) is 8.14. The van der Waals surface area contributed by atoms with Crippen LogP contribution < -0.4 is 10.7 Å². The van der Waals surface area contributed by atoms with Gasteiger partial charge >= 0.3 is 0 Å². The molecule has 0 saturated carbocycles. The van der Waals surface area contributed by atoms with Crippen LogP contribution in [0.1, 0.15) is 12.0 Å². The van der Waals surface area contributed by atoms with Crippen molar-refractivity contribution in [2.45, 2.75) is 16.6 Å². The molecule has 2 amide bonds. The highest BCUT2D eigenvalue weighted by Crippen LogP contribution is 2.36. The molecule has 122 valence electrons. The van der Waals surface area contributed by atoms with Gasteiger partial charge in [-0.3, -0.25) is 9.59 Å². The molecule has 1 atom stereocenters. The fourth-order valence-electron chi connectivity index (χ4n) is 2.17. The van der Waals surface area contributed by atoms with Crippen LogP contribution in [0.2, 0.25) is 0 Å². The Kier molecular flexibility index (Phi) is 4.90. The highest BCUT2D eigenvalue weighted by Gasteiger charge is 2.28. The van der Waals surface area contributed by atoms with Crippen molar-refractivity contribution in [3.63, 3.8) is 0 Å². The Morgan fingerprint density at radius 2 is 2.00 bits per heavy atom. The Labute approximate surface area is 142 Å². The van der Waals surface area contributed by atoms with Crippen LogP contribution in [-0.4, -0.2) is 23.3 Å². The van der Waals surface area contributed by atoms with Crippen LogP contribution in [0.25, 0.3) is 0 Å². The predicted octanol–water partition coefficient (Wildman–Crippen LogP) is 2.78. The van der Waals surface area contributed by atoms with Crippen LogP contribution in [0, 0.1) is 5.82 Å². The number of hydrazone groups is 1. The Balaban J connectivity index is 1.55. The second-order valence-corrected chi connectivity index (χ2v) is 6.39. The third-order valence-corrected chi connectivity index (χ3v) is 4.63. The molecule has 7 heteroatoms. The van der Waals surface area contributed by atoms with Gasteiger partial charge in [0.15, 0.2) is 0 Å². The highest BCUT2D eigenvalue weighted by molar-refractivity contribution is 8.01. The van der Waals surface area contributed by atoms with Gasteiger partial charge in [-0.25, -0.2) is 9.82 Å². The molecule has 0 aliphatic carbocycles. The fourth-order valence-corrected chi connectivity index (χ4v) is 3.28. The molecular formula is C17H14FN3O2S. The number of rotatable bonds is 4. The summed E-state index contributed by atoms with van der Waals surface area (Å²) in [4.78, 5) is 24.9. The van der Waals surface area contributed by atoms with E-state index in [4.69, 9.17) is 0 Å². The number of carbonyl (C=O) groups is 2. The van der Waals surface area contributed by atoms with Crippen LogP contribution in [0.15, 0.2) is 58.5 Å². The Bertz CT molecular complexity index is 793. The van der Waals surface area contributed by atoms with Gasteiger partial charge in [0.05, 0.1) is 17.2 Å². The molecule has 0 saturated heterocycles. The van der Waals surface area contributed by atoms with Crippen molar-refractivity contribution in [1.82, 2.24) is 5.43 Å². The van der Waals surface area contributed by atoms with Crippen molar-refractivity contribution in [3.05, 3.63) is 59.9 Å². The number of benzene rings is 2. The maximum Gasteiger partial charge on any atom is 0.241 e. The van der Waals surface area contributed by atoms with Gasteiger partial charge < -0.3 is 5.32 Å². The number of fused-ring (bicyclic) bond motifs is 1. The van der Waals surface area contributed by atoms with E-state index in [-0.39, 0.29) is 24.1 Å². The van der Waals surface area contributed by atoms with Crippen molar-refractivity contribution in [1.29, 1.82) is 0 Å². The van der Waals surface area contributed by atoms with Crippen molar-refractivity contribution >= 4 is 35.5 Å². The molecule has 0 bridgehead atoms. The zero-order valence-electron chi connectivity index (χ0n) is 12.5. The zero-order valence-corrected chi connectivity index (χ0v) is 13.3. The standard InChI is InChI=1S/C17H14FN3O2S/c18-12-7-5-11(6-8-12)10-19-21-16(22)9-15-17(23)20-13-3-1-2-4-14(13)24-15/h1-8,10,15H,9H2,(H,20,23)(H,21,22)/b19-10-/t15-/m0/s1. The highest BCUT2D eigenvalue weighted by atomic mass is 32.2. The van der Waals surface area contributed by atoms with Crippen molar-refractivity contribution in [3.8, 4) is 0 Å². The van der Waals surface area contributed by atoms with Gasteiger partial charge in [-0.2, -0.15) is 5.10 Å². The molecule has 2 aromatic rings. The SMILES string of the molecule is O=C(C[C@@H]1Sc2ccccc2NC1=O)N/N=C\c1ccc(F)cc1. The summed E-state index contributed by atoms with van der Waals surface area (Å²) < 4.78 is 12.8. The number of amides is 2. The summed E-state index contributed by atoms with van der Waals surface area (Å²) >= 11 is 1.36. The average molecular weight is 343 g/mol. The van der Waals surface area contributed by atoms with Gasteiger partial charge in [0.25, 0.3) is 0 Å². The molecule has 1 aliphatic heterocycles. The van der Waals surface area contributed by atoms with Gasteiger partial charge in [-0.15, -0.1) is 11.8 Å². The summed E-state index contributed by atoms with van der Waals surface area (Å²) in [7, 11) is 0. The average Bonchev–Trinajstić information content (AvgIpc) is 2.57. The number of nitrogens with zero attached hydrogens (tertiary/aromatic N) is 1. The molecule has 3 rings (SSSR count). The third kappa shape index (κ3) is 3.99. The van der Waals surface area contributed by atoms with Gasteiger partial charge in [-0.1, -0.05) is 24.3 Å². The lowest BCUT2D eigenvalue weighted by Crippen LogP contribution is -2.33. The van der Waals surface area contributed by atoms with E-state index in [1.54, 1.807) is 12.1 Å². The number of para-hydroxylation sites is 1. The van der Waals surface area contributed by atoms with Crippen molar-refractivity contribution in [2.24, 2.45) is 5.10 Å². The fraction of sp³-hybridized carbons (Fsp3) is 0.118. The van der Waals surface area contributed by atoms with E-state index in [1.165, 1.54) is 30.1 Å². The van der Waals surface area contributed by atoms with Gasteiger partial charge in [-0.05, 0) is 29.8 Å². The van der Waals surface area contributed by atoms with E-state index in [0.717, 1.165) is 10.6 Å². The van der Waals surface area contributed by atoms with E-state index < -0.39 is 5.25 Å². The molecule has 0 aromatic heterocycles. The number of thioether (sulfide) groups is 1. The summed E-state index contributed by atoms with van der Waals surface area (Å²) in [5.41, 5.74) is 3.81. The van der Waals surface area contributed by atoms with Crippen LogP contribution >= 0.6 is 11.8 Å². The molecule has 1 aliphatic rings. The van der Waals surface area contributed by atoms with Crippen LogP contribution in [-0.2, 0) is 9.59 Å². The minimum absolute atomic E-state index is 0.0194. The van der Waals surface area contributed by atoms with E-state index in [2.05, 4.69) is 15.8 Å². The van der Waals surface area contributed by atoms with Gasteiger partial charge in [0.1, 0.15) is 5.82 Å². The van der Waals surface area contributed by atoms with Crippen LogP contribution in [0.4, 0.5) is 10.1 Å². The third-order valence-electron chi connectivity index (χ3n) is 3.35. The number of hydrogen-bond donors (Lipinski definition) is 2. The molecule has 1 heterocycles. The lowest BCUT2D eigenvalue weighted by Gasteiger charge is -2.23. The maximum atomic E-state index is 12.8. The number of halogens is 1. The second-order valence-electron chi connectivity index (χ2n) is 5.14.